The molecule has 42 heavy (non-hydrogen) atoms. The van der Waals surface area contributed by atoms with E-state index in [0.29, 0.717) is 6.20 Å². The molecular weight excluding hydrogens is 629 g/mol. The molecule has 0 atom stereocenters. The number of rotatable bonds is 8. The maximum absolute atomic E-state index is 14.4. The van der Waals surface area contributed by atoms with Crippen molar-refractivity contribution < 1.29 is 113 Å². The minimum absolute atomic E-state index is 0. The van der Waals surface area contributed by atoms with E-state index in [1.165, 1.54) is 46.5 Å². The van der Waals surface area contributed by atoms with E-state index >= 15 is 0 Å². The Morgan fingerprint density at radius 3 is 2.19 bits per heavy atom. The zero-order chi connectivity index (χ0) is 29.5. The molecule has 10 nitrogen and oxygen atoms in total. The number of phosphoric acid groups is 1. The third-order valence-electron chi connectivity index (χ3n) is 5.42. The molecule has 0 spiro atoms. The molecule has 3 heterocycles. The molecule has 0 bridgehead atoms. The second-order valence-electron chi connectivity index (χ2n) is 8.10. The first-order valence-electron chi connectivity index (χ1n) is 10.7. The molecule has 0 saturated carbocycles. The van der Waals surface area contributed by atoms with Gasteiger partial charge in [-0.2, -0.15) is 26.3 Å². The van der Waals surface area contributed by atoms with E-state index < -0.39 is 55.6 Å². The number of hydrogen-bond acceptors (Lipinski definition) is 9. The summed E-state index contributed by atoms with van der Waals surface area (Å²) in [7, 11) is -6.88. The molecule has 0 fully saturated rings. The number of aromatic nitrogens is 5. The van der Waals surface area contributed by atoms with Gasteiger partial charge in [-0.05, 0) is 11.6 Å². The first kappa shape index (κ1) is 36.5. The van der Waals surface area contributed by atoms with Crippen LogP contribution in [0.1, 0.15) is 11.3 Å². The van der Waals surface area contributed by atoms with Crippen molar-refractivity contribution in [1.82, 2.24) is 24.3 Å². The van der Waals surface area contributed by atoms with Crippen LogP contribution in [0.4, 0.5) is 40.9 Å². The fourth-order valence-electron chi connectivity index (χ4n) is 3.56. The van der Waals surface area contributed by atoms with Gasteiger partial charge in [-0.15, -0.1) is 0 Å². The first-order chi connectivity index (χ1) is 18.5. The summed E-state index contributed by atoms with van der Waals surface area (Å²) in [5, 5.41) is 1.41. The summed E-state index contributed by atoms with van der Waals surface area (Å²) in [5.74, 6) is -3.84. The summed E-state index contributed by atoms with van der Waals surface area (Å²) < 4.78 is 125. The van der Waals surface area contributed by atoms with E-state index in [-0.39, 0.29) is 88.1 Å². The van der Waals surface area contributed by atoms with Gasteiger partial charge >= 0.3 is 71.5 Å². The minimum atomic E-state index is -6.88. The molecule has 0 aliphatic carbocycles. The van der Waals surface area contributed by atoms with Crippen molar-refractivity contribution in [3.63, 3.8) is 0 Å². The van der Waals surface area contributed by atoms with Gasteiger partial charge in [-0.3, -0.25) is 0 Å². The number of fused-ring (bicyclic) bond motifs is 1. The Kier molecular flexibility index (Phi) is 11.7. The predicted molar refractivity (Wildman–Crippen MR) is 115 cm³/mol. The van der Waals surface area contributed by atoms with Crippen LogP contribution in [0.5, 0.6) is 0 Å². The fraction of sp³-hybridized carbons (Fsp3) is 0.238. The summed E-state index contributed by atoms with van der Waals surface area (Å²) in [6, 6.07) is 5.69. The molecule has 0 radical (unpaired) electrons. The van der Waals surface area contributed by atoms with Crippen molar-refractivity contribution in [1.29, 1.82) is 0 Å². The summed E-state index contributed by atoms with van der Waals surface area (Å²) in [4.78, 5) is 37.2. The second-order valence-corrected chi connectivity index (χ2v) is 9.18. The molecule has 0 amide bonds. The van der Waals surface area contributed by atoms with Crippen molar-refractivity contribution in [3.8, 4) is 11.5 Å². The molecule has 0 unspecified atom stereocenters. The maximum atomic E-state index is 14.4. The van der Waals surface area contributed by atoms with E-state index in [4.69, 9.17) is 0 Å². The Bertz CT molecular complexity index is 1590. The van der Waals surface area contributed by atoms with Crippen LogP contribution in [0.15, 0.2) is 49.1 Å². The van der Waals surface area contributed by atoms with Crippen LogP contribution in [0.3, 0.4) is 0 Å². The van der Waals surface area contributed by atoms with Gasteiger partial charge in [-0.1, -0.05) is 18.2 Å². The predicted octanol–water partition coefficient (Wildman–Crippen LogP) is -2.82. The van der Waals surface area contributed by atoms with Crippen molar-refractivity contribution in [2.45, 2.75) is 24.4 Å². The first-order valence-corrected chi connectivity index (χ1v) is 12.2. The van der Waals surface area contributed by atoms with Gasteiger partial charge in [0.2, 0.25) is 0 Å². The number of nitrogens with zero attached hydrogens (tertiary/aromatic N) is 5. The molecule has 1 aromatic carbocycles. The number of nitrogens with one attached hydrogen (secondary N) is 1. The molecule has 0 aliphatic heterocycles. The normalized spacial score (nSPS) is 12.5. The van der Waals surface area contributed by atoms with Gasteiger partial charge in [0.05, 0.1) is 26.3 Å². The third kappa shape index (κ3) is 7.85. The van der Waals surface area contributed by atoms with Gasteiger partial charge in [-0.25, -0.2) is 28.7 Å². The van der Waals surface area contributed by atoms with E-state index in [0.717, 1.165) is 0 Å². The van der Waals surface area contributed by atoms with E-state index in [1.54, 1.807) is 6.07 Å². The van der Waals surface area contributed by atoms with Crippen LogP contribution in [0.25, 0.3) is 17.2 Å². The molecule has 21 heteroatoms. The summed E-state index contributed by atoms with van der Waals surface area (Å²) >= 11 is 0. The maximum Gasteiger partial charge on any atom is 1.00 e. The molecule has 3 aromatic heterocycles. The number of alkyl halides is 6. The third-order valence-corrected chi connectivity index (χ3v) is 5.96. The number of anilines is 1. The zero-order valence-electron chi connectivity index (χ0n) is 21.4. The molecular formula is C21H13F8N6Na2O4P. The SMILES string of the molecule is O=P([O-])([O-])OC(CNc1nc(-c2cn3ccnc3c(Cc3ccccc3F)n2)ncc1F)(C(F)(F)F)C(F)(F)F.[Na+].[Na+]. The Morgan fingerprint density at radius 1 is 0.952 bits per heavy atom. The molecule has 214 valence electrons. The number of phosphoric ester groups is 1. The largest absolute Gasteiger partial charge is 1.00 e. The smallest absolute Gasteiger partial charge is 0.790 e. The average Bonchev–Trinajstić information content (AvgIpc) is 3.31. The van der Waals surface area contributed by atoms with Crippen molar-refractivity contribution >= 4 is 19.3 Å². The minimum Gasteiger partial charge on any atom is -0.790 e. The number of hydrogen-bond donors (Lipinski definition) is 1. The second kappa shape index (κ2) is 13.5. The topological polar surface area (TPSA) is 140 Å². The number of imidazole rings is 1. The fourth-order valence-corrected chi connectivity index (χ4v) is 4.21. The quantitative estimate of drug-likeness (QED) is 0.123. The molecule has 0 saturated heterocycles. The van der Waals surface area contributed by atoms with Gasteiger partial charge in [0.25, 0.3) is 5.60 Å². The van der Waals surface area contributed by atoms with Crippen molar-refractivity contribution in [3.05, 3.63) is 71.9 Å². The Hall–Kier alpha value is -1.73. The van der Waals surface area contributed by atoms with E-state index in [1.807, 2.05) is 0 Å². The van der Waals surface area contributed by atoms with Crippen LogP contribution in [0.2, 0.25) is 0 Å². The Labute approximate surface area is 274 Å². The van der Waals surface area contributed by atoms with Gasteiger partial charge in [0.15, 0.2) is 23.1 Å². The molecule has 1 N–H and O–H groups in total. The summed E-state index contributed by atoms with van der Waals surface area (Å²) in [6.45, 7) is -2.51. The Balaban J connectivity index is 0.00000308. The van der Waals surface area contributed by atoms with E-state index in [9.17, 15) is 49.5 Å². The molecule has 4 aromatic rings. The van der Waals surface area contributed by atoms with Crippen LogP contribution in [-0.4, -0.2) is 48.8 Å². The van der Waals surface area contributed by atoms with Crippen molar-refractivity contribution in [2.24, 2.45) is 0 Å². The number of benzene rings is 1. The molecule has 4 rings (SSSR count). The molecule has 0 aliphatic rings. The van der Waals surface area contributed by atoms with Crippen LogP contribution in [0, 0.1) is 11.6 Å². The summed E-state index contributed by atoms with van der Waals surface area (Å²) in [5.41, 5.74) is -5.10. The van der Waals surface area contributed by atoms with Crippen LogP contribution in [-0.2, 0) is 15.5 Å². The van der Waals surface area contributed by atoms with E-state index in [2.05, 4.69) is 24.5 Å². The average molecular weight is 642 g/mol. The van der Waals surface area contributed by atoms with Gasteiger partial charge in [0, 0.05) is 25.0 Å². The Morgan fingerprint density at radius 2 is 1.60 bits per heavy atom. The van der Waals surface area contributed by atoms with Crippen LogP contribution >= 0.6 is 7.82 Å². The zero-order valence-corrected chi connectivity index (χ0v) is 26.3. The summed E-state index contributed by atoms with van der Waals surface area (Å²) in [6.07, 6.45) is -8.63. The standard InChI is InChI=1S/C21H15F8N6O4P.2Na/c22-12-4-2-1-3-11(12)7-14-18-30-5-6-35(18)9-15(33-14)17-31-8-13(23)16(34-17)32-10-19(20(24,25)26,21(27,28)29)39-40(36,37)38;;/h1-6,8-9H,7,10H2,(H,31,32,34)(H2,36,37,38);;/q;2*+1/p-2. The van der Waals surface area contributed by atoms with Crippen LogP contribution < -0.4 is 74.2 Å². The monoisotopic (exact) mass is 642 g/mol. The van der Waals surface area contributed by atoms with Gasteiger partial charge < -0.3 is 28.6 Å². The van der Waals surface area contributed by atoms with Crippen molar-refractivity contribution in [2.75, 3.05) is 11.9 Å². The number of halogens is 8. The van der Waals surface area contributed by atoms with Gasteiger partial charge in [0.1, 0.15) is 11.5 Å².